The van der Waals surface area contributed by atoms with E-state index in [1.165, 1.54) is 12.1 Å². The molecule has 0 aliphatic heterocycles. The van der Waals surface area contributed by atoms with Crippen LogP contribution >= 0.6 is 0 Å². The summed E-state index contributed by atoms with van der Waals surface area (Å²) in [6.45, 7) is 0.300. The average Bonchev–Trinajstić information content (AvgIpc) is 2.81. The number of ether oxygens (including phenoxy) is 1. The molecule has 5 heteroatoms. The molecule has 2 heterocycles. The standard InChI is InChI=1S/C14H12FN3O/c15-10-3-1-4-12(7-10)19-9-11-8-17-14-13(16)5-2-6-18(11)14/h1-8H,9,16H2. The van der Waals surface area contributed by atoms with E-state index in [1.807, 2.05) is 16.7 Å². The second-order valence-electron chi connectivity index (χ2n) is 4.15. The molecule has 0 fully saturated rings. The monoisotopic (exact) mass is 257 g/mol. The summed E-state index contributed by atoms with van der Waals surface area (Å²) in [5, 5.41) is 0. The molecular formula is C14H12FN3O. The van der Waals surface area contributed by atoms with Crippen molar-refractivity contribution in [3.63, 3.8) is 0 Å². The smallest absolute Gasteiger partial charge is 0.160 e. The number of pyridine rings is 1. The van der Waals surface area contributed by atoms with Crippen molar-refractivity contribution in [2.24, 2.45) is 0 Å². The Kier molecular flexibility index (Phi) is 2.79. The number of hydrogen-bond donors (Lipinski definition) is 1. The Morgan fingerprint density at radius 2 is 2.16 bits per heavy atom. The number of nitrogens with two attached hydrogens (primary N) is 1. The van der Waals surface area contributed by atoms with Gasteiger partial charge in [-0.1, -0.05) is 6.07 Å². The SMILES string of the molecule is Nc1cccn2c(COc3cccc(F)c3)cnc12. The zero-order valence-corrected chi connectivity index (χ0v) is 10.1. The number of halogens is 1. The number of nitrogen functional groups attached to an aromatic ring is 1. The number of nitrogens with zero attached hydrogens (tertiary/aromatic N) is 2. The molecule has 0 amide bonds. The van der Waals surface area contributed by atoms with Crippen LogP contribution < -0.4 is 10.5 Å². The fourth-order valence-corrected chi connectivity index (χ4v) is 1.90. The topological polar surface area (TPSA) is 52.5 Å². The van der Waals surface area contributed by atoms with E-state index in [9.17, 15) is 4.39 Å². The zero-order valence-electron chi connectivity index (χ0n) is 10.1. The third-order valence-corrected chi connectivity index (χ3v) is 2.83. The van der Waals surface area contributed by atoms with Crippen LogP contribution in [0.5, 0.6) is 5.75 Å². The van der Waals surface area contributed by atoms with E-state index in [4.69, 9.17) is 10.5 Å². The molecule has 1 aromatic carbocycles. The van der Waals surface area contributed by atoms with Crippen molar-refractivity contribution in [1.82, 2.24) is 9.38 Å². The third-order valence-electron chi connectivity index (χ3n) is 2.83. The number of anilines is 1. The Labute approximate surface area is 109 Å². The van der Waals surface area contributed by atoms with Gasteiger partial charge in [-0.3, -0.25) is 4.40 Å². The van der Waals surface area contributed by atoms with Crippen LogP contribution in [0.1, 0.15) is 5.69 Å². The largest absolute Gasteiger partial charge is 0.487 e. The molecule has 0 bridgehead atoms. The lowest BCUT2D eigenvalue weighted by molar-refractivity contribution is 0.299. The van der Waals surface area contributed by atoms with Crippen molar-refractivity contribution in [1.29, 1.82) is 0 Å². The van der Waals surface area contributed by atoms with Crippen LogP contribution in [-0.4, -0.2) is 9.38 Å². The van der Waals surface area contributed by atoms with Crippen molar-refractivity contribution in [2.45, 2.75) is 6.61 Å². The molecule has 0 radical (unpaired) electrons. The first-order valence-corrected chi connectivity index (χ1v) is 5.83. The lowest BCUT2D eigenvalue weighted by Gasteiger charge is -2.06. The number of rotatable bonds is 3. The summed E-state index contributed by atoms with van der Waals surface area (Å²) in [6.07, 6.45) is 3.56. The van der Waals surface area contributed by atoms with Gasteiger partial charge in [-0.25, -0.2) is 9.37 Å². The van der Waals surface area contributed by atoms with Crippen LogP contribution in [0.4, 0.5) is 10.1 Å². The van der Waals surface area contributed by atoms with Gasteiger partial charge in [0, 0.05) is 12.3 Å². The molecule has 3 aromatic rings. The van der Waals surface area contributed by atoms with Crippen molar-refractivity contribution < 1.29 is 9.13 Å². The zero-order chi connectivity index (χ0) is 13.2. The minimum Gasteiger partial charge on any atom is -0.487 e. The van der Waals surface area contributed by atoms with Crippen molar-refractivity contribution in [2.75, 3.05) is 5.73 Å². The maximum atomic E-state index is 13.0. The normalized spacial score (nSPS) is 10.8. The molecule has 0 saturated heterocycles. The minimum atomic E-state index is -0.320. The lowest BCUT2D eigenvalue weighted by atomic mass is 10.3. The first kappa shape index (κ1) is 11.5. The van der Waals surface area contributed by atoms with E-state index in [0.717, 1.165) is 5.69 Å². The molecule has 2 aromatic heterocycles. The third kappa shape index (κ3) is 2.22. The van der Waals surface area contributed by atoms with Crippen molar-refractivity contribution in [3.05, 3.63) is 60.3 Å². The Morgan fingerprint density at radius 3 is 3.00 bits per heavy atom. The van der Waals surface area contributed by atoms with E-state index < -0.39 is 0 Å². The number of aromatic nitrogens is 2. The van der Waals surface area contributed by atoms with Gasteiger partial charge in [0.15, 0.2) is 5.65 Å². The highest BCUT2D eigenvalue weighted by atomic mass is 19.1. The van der Waals surface area contributed by atoms with Gasteiger partial charge in [-0.05, 0) is 24.3 Å². The summed E-state index contributed by atoms with van der Waals surface area (Å²) in [5.74, 6) is 0.165. The first-order valence-electron chi connectivity index (χ1n) is 5.83. The van der Waals surface area contributed by atoms with Crippen LogP contribution in [0.15, 0.2) is 48.8 Å². The van der Waals surface area contributed by atoms with Crippen LogP contribution in [0.25, 0.3) is 5.65 Å². The Bertz CT molecular complexity index is 724. The average molecular weight is 257 g/mol. The van der Waals surface area contributed by atoms with Gasteiger partial charge in [0.25, 0.3) is 0 Å². The maximum absolute atomic E-state index is 13.0. The molecule has 2 N–H and O–H groups in total. The molecule has 0 spiro atoms. The predicted octanol–water partition coefficient (Wildman–Crippen LogP) is 2.63. The lowest BCUT2D eigenvalue weighted by Crippen LogP contribution is -2.00. The van der Waals surface area contributed by atoms with Crippen LogP contribution in [0.2, 0.25) is 0 Å². The first-order chi connectivity index (χ1) is 9.24. The predicted molar refractivity (Wildman–Crippen MR) is 70.3 cm³/mol. The summed E-state index contributed by atoms with van der Waals surface area (Å²) in [4.78, 5) is 4.23. The van der Waals surface area contributed by atoms with E-state index in [2.05, 4.69) is 4.98 Å². The van der Waals surface area contributed by atoms with Crippen LogP contribution in [0, 0.1) is 5.82 Å². The molecule has 0 aliphatic carbocycles. The van der Waals surface area contributed by atoms with E-state index in [0.29, 0.717) is 23.7 Å². The van der Waals surface area contributed by atoms with Gasteiger partial charge >= 0.3 is 0 Å². The van der Waals surface area contributed by atoms with Gasteiger partial charge in [0.05, 0.1) is 17.6 Å². The van der Waals surface area contributed by atoms with Gasteiger partial charge < -0.3 is 10.5 Å². The van der Waals surface area contributed by atoms with Gasteiger partial charge in [0.2, 0.25) is 0 Å². The molecule has 0 atom stereocenters. The number of imidazole rings is 1. The summed E-state index contributed by atoms with van der Waals surface area (Å²) in [6, 6.07) is 9.67. The van der Waals surface area contributed by atoms with Crippen molar-refractivity contribution in [3.8, 4) is 5.75 Å². The summed E-state index contributed by atoms with van der Waals surface area (Å²) in [5.41, 5.74) is 7.98. The highest BCUT2D eigenvalue weighted by Crippen LogP contribution is 2.17. The number of hydrogen-bond acceptors (Lipinski definition) is 3. The van der Waals surface area contributed by atoms with Gasteiger partial charge in [-0.2, -0.15) is 0 Å². The Hall–Kier alpha value is -2.56. The molecule has 4 nitrogen and oxygen atoms in total. The summed E-state index contributed by atoms with van der Waals surface area (Å²) in [7, 11) is 0. The highest BCUT2D eigenvalue weighted by molar-refractivity contribution is 5.64. The fourth-order valence-electron chi connectivity index (χ4n) is 1.90. The van der Waals surface area contributed by atoms with E-state index >= 15 is 0 Å². The van der Waals surface area contributed by atoms with Crippen molar-refractivity contribution >= 4 is 11.3 Å². The molecule has 0 unspecified atom stereocenters. The molecule has 0 saturated carbocycles. The molecule has 3 rings (SSSR count). The van der Waals surface area contributed by atoms with E-state index in [1.54, 1.807) is 24.4 Å². The van der Waals surface area contributed by atoms with Crippen LogP contribution in [0.3, 0.4) is 0 Å². The Morgan fingerprint density at radius 1 is 1.26 bits per heavy atom. The van der Waals surface area contributed by atoms with Gasteiger partial charge in [-0.15, -0.1) is 0 Å². The fraction of sp³-hybridized carbons (Fsp3) is 0.0714. The summed E-state index contributed by atoms with van der Waals surface area (Å²) >= 11 is 0. The molecule has 96 valence electrons. The maximum Gasteiger partial charge on any atom is 0.160 e. The molecule has 19 heavy (non-hydrogen) atoms. The number of benzene rings is 1. The van der Waals surface area contributed by atoms with Gasteiger partial charge in [0.1, 0.15) is 18.2 Å². The quantitative estimate of drug-likeness (QED) is 0.784. The van der Waals surface area contributed by atoms with Crippen LogP contribution in [-0.2, 0) is 6.61 Å². The number of fused-ring (bicyclic) bond motifs is 1. The molecule has 0 aliphatic rings. The molecular weight excluding hydrogens is 245 g/mol. The minimum absolute atomic E-state index is 0.300. The second-order valence-corrected chi connectivity index (χ2v) is 4.15. The summed E-state index contributed by atoms with van der Waals surface area (Å²) < 4.78 is 20.4. The highest BCUT2D eigenvalue weighted by Gasteiger charge is 2.06. The Balaban J connectivity index is 1.84. The second kappa shape index (κ2) is 4.61. The van der Waals surface area contributed by atoms with E-state index in [-0.39, 0.29) is 5.82 Å².